The average molecular weight is 665 g/mol. The summed E-state index contributed by atoms with van der Waals surface area (Å²) in [5, 5.41) is 21.5. The Morgan fingerprint density at radius 2 is 1.52 bits per heavy atom. The number of hydrogen-bond acceptors (Lipinski definition) is 6. The fourth-order valence-electron chi connectivity index (χ4n) is 8.51. The van der Waals surface area contributed by atoms with Gasteiger partial charge in [-0.25, -0.2) is 0 Å². The fraction of sp³-hybridized carbons (Fsp3) is 0.667. The first-order valence-electron chi connectivity index (χ1n) is 18.0. The Hall–Kier alpha value is -2.54. The first kappa shape index (κ1) is 39.9. The zero-order valence-corrected chi connectivity index (χ0v) is 31.8. The number of rotatable bonds is 14. The molecule has 0 aromatic rings. The van der Waals surface area contributed by atoms with Crippen molar-refractivity contribution < 1.29 is 29.3 Å². The molecule has 2 saturated carbocycles. The molecular formula is C42H64O6. The van der Waals surface area contributed by atoms with Crippen LogP contribution in [0.25, 0.3) is 0 Å². The van der Waals surface area contributed by atoms with Gasteiger partial charge in [0.05, 0.1) is 17.3 Å². The molecule has 0 radical (unpaired) electrons. The number of carbonyl (C=O) groups is 2. The molecule has 2 N–H and O–H groups in total. The predicted octanol–water partition coefficient (Wildman–Crippen LogP) is 9.38. The van der Waals surface area contributed by atoms with Gasteiger partial charge >= 0.3 is 5.97 Å². The first-order valence-corrected chi connectivity index (χ1v) is 18.0. The Bertz CT molecular complexity index is 1360. The molecule has 5 atom stereocenters. The summed E-state index contributed by atoms with van der Waals surface area (Å²) in [7, 11) is 0. The van der Waals surface area contributed by atoms with Crippen LogP contribution in [0, 0.1) is 10.8 Å². The van der Waals surface area contributed by atoms with Gasteiger partial charge in [-0.15, -0.1) is 0 Å². The number of aliphatic hydroxyl groups is 2. The van der Waals surface area contributed by atoms with Crippen LogP contribution in [-0.4, -0.2) is 51.0 Å². The predicted molar refractivity (Wildman–Crippen MR) is 195 cm³/mol. The van der Waals surface area contributed by atoms with E-state index in [1.165, 1.54) is 23.6 Å². The van der Waals surface area contributed by atoms with E-state index in [0.29, 0.717) is 32.1 Å². The molecule has 2 aliphatic carbocycles. The maximum absolute atomic E-state index is 13.1. The number of unbranched alkanes of at least 4 members (excludes halogenated alkanes) is 1. The molecule has 1 aliphatic heterocycles. The van der Waals surface area contributed by atoms with Crippen LogP contribution in [0.15, 0.2) is 70.4 Å². The van der Waals surface area contributed by atoms with Crippen LogP contribution in [0.1, 0.15) is 140 Å². The van der Waals surface area contributed by atoms with E-state index in [0.717, 1.165) is 43.3 Å². The summed E-state index contributed by atoms with van der Waals surface area (Å²) in [6.45, 7) is 22.0. The second-order valence-electron chi connectivity index (χ2n) is 16.7. The van der Waals surface area contributed by atoms with Crippen molar-refractivity contribution in [2.24, 2.45) is 10.8 Å². The van der Waals surface area contributed by atoms with Gasteiger partial charge in [-0.05, 0) is 108 Å². The van der Waals surface area contributed by atoms with E-state index in [9.17, 15) is 19.8 Å². The van der Waals surface area contributed by atoms with Crippen molar-refractivity contribution in [1.29, 1.82) is 0 Å². The molecule has 48 heavy (non-hydrogen) atoms. The highest BCUT2D eigenvalue weighted by molar-refractivity contribution is 5.96. The molecule has 0 spiro atoms. The van der Waals surface area contributed by atoms with E-state index >= 15 is 0 Å². The van der Waals surface area contributed by atoms with Gasteiger partial charge in [0, 0.05) is 26.2 Å². The number of Topliss-reactive ketones (excluding diaryl/α,β-unsaturated/α-hetero) is 1. The summed E-state index contributed by atoms with van der Waals surface area (Å²) in [5.74, 6) is -0.191. The Balaban J connectivity index is 1.42. The van der Waals surface area contributed by atoms with Crippen LogP contribution in [0.5, 0.6) is 0 Å². The second kappa shape index (κ2) is 15.6. The molecule has 0 amide bonds. The summed E-state index contributed by atoms with van der Waals surface area (Å²) < 4.78 is 11.6. The van der Waals surface area contributed by atoms with Crippen LogP contribution >= 0.6 is 0 Å². The Morgan fingerprint density at radius 1 is 0.875 bits per heavy atom. The van der Waals surface area contributed by atoms with Crippen LogP contribution < -0.4 is 0 Å². The number of hydrogen-bond donors (Lipinski definition) is 2. The minimum atomic E-state index is -0.994. The number of esters is 1. The van der Waals surface area contributed by atoms with Gasteiger partial charge in [0.1, 0.15) is 11.7 Å². The Morgan fingerprint density at radius 3 is 2.15 bits per heavy atom. The lowest BCUT2D eigenvalue weighted by molar-refractivity contribution is -0.152. The molecule has 0 bridgehead atoms. The van der Waals surface area contributed by atoms with Gasteiger partial charge in [-0.1, -0.05) is 86.9 Å². The Labute approximate surface area is 291 Å². The van der Waals surface area contributed by atoms with Crippen LogP contribution in [0.2, 0.25) is 0 Å². The van der Waals surface area contributed by atoms with E-state index in [1.807, 2.05) is 32.9 Å². The molecule has 1 saturated heterocycles. The first-order chi connectivity index (χ1) is 22.1. The summed E-state index contributed by atoms with van der Waals surface area (Å²) >= 11 is 0. The van der Waals surface area contributed by atoms with Crippen molar-refractivity contribution >= 4 is 11.8 Å². The molecule has 3 aliphatic rings. The van der Waals surface area contributed by atoms with Crippen molar-refractivity contribution in [3.05, 3.63) is 70.4 Å². The third kappa shape index (κ3) is 10.0. The van der Waals surface area contributed by atoms with Gasteiger partial charge in [-0.3, -0.25) is 9.59 Å². The highest BCUT2D eigenvalue weighted by atomic mass is 16.6. The molecule has 0 unspecified atom stereocenters. The third-order valence-electron chi connectivity index (χ3n) is 11.0. The summed E-state index contributed by atoms with van der Waals surface area (Å²) in [4.78, 5) is 24.6. The van der Waals surface area contributed by atoms with Gasteiger partial charge in [0.25, 0.3) is 0 Å². The van der Waals surface area contributed by atoms with E-state index in [4.69, 9.17) is 9.47 Å². The molecular weight excluding hydrogens is 600 g/mol. The lowest BCUT2D eigenvalue weighted by Gasteiger charge is -2.46. The highest BCUT2D eigenvalue weighted by Crippen LogP contribution is 2.67. The number of carbonyl (C=O) groups excluding carboxylic acids is 2. The highest BCUT2D eigenvalue weighted by Gasteiger charge is 2.76. The van der Waals surface area contributed by atoms with Crippen molar-refractivity contribution in [3.63, 3.8) is 0 Å². The minimum Gasteiger partial charge on any atom is -0.462 e. The number of ether oxygens (including phenoxy) is 2. The van der Waals surface area contributed by atoms with Crippen molar-refractivity contribution in [2.45, 2.75) is 169 Å². The third-order valence-corrected chi connectivity index (χ3v) is 11.0. The number of ketones is 1. The van der Waals surface area contributed by atoms with Gasteiger partial charge in [0.2, 0.25) is 0 Å². The SMILES string of the molecule is CC(=O)O[C@H]1CC(C)(C)C(=CC/C(C)=C/CC/C(C)=C\CC/C=C(C)/C=C/C=C(\C)C(=O)C[C@@]23O[C@]2(C)C[C@@H](O)CC3(C)C)[C@](C)(O)C1. The molecule has 0 aromatic carbocycles. The number of fused-ring (bicyclic) bond motifs is 1. The van der Waals surface area contributed by atoms with Gasteiger partial charge in [-0.2, -0.15) is 0 Å². The molecule has 268 valence electrons. The lowest BCUT2D eigenvalue weighted by atomic mass is 9.61. The smallest absolute Gasteiger partial charge is 0.302 e. The van der Waals surface area contributed by atoms with Gasteiger partial charge in [0.15, 0.2) is 5.78 Å². The molecule has 3 fully saturated rings. The maximum Gasteiger partial charge on any atom is 0.302 e. The zero-order valence-electron chi connectivity index (χ0n) is 31.8. The maximum atomic E-state index is 13.1. The average Bonchev–Trinajstić information content (AvgIpc) is 3.53. The summed E-state index contributed by atoms with van der Waals surface area (Å²) in [6.07, 6.45) is 21.8. The standard InChI is InChI=1S/C42H64O6/c1-29(18-14-19-31(3)22-23-37-38(6,7)26-35(47-33(5)43)27-40(37,10)46)16-12-13-17-30(2)20-15-21-32(4)36(45)28-42-39(8,9)24-34(44)25-41(42,11)48-42/h15-17,19-21,23,34-35,44,46H,12-14,18,22,24-28H2,1-11H3/b20-15+,29-16-,30-17+,31-19+,32-21+,37-23?/t34-,35-,40+,41+,42-/m0/s1. The van der Waals surface area contributed by atoms with Crippen LogP contribution in [0.3, 0.4) is 0 Å². The zero-order chi connectivity index (χ0) is 36.1. The van der Waals surface area contributed by atoms with E-state index in [1.54, 1.807) is 0 Å². The quantitative estimate of drug-likeness (QED) is 0.0480. The number of aliphatic hydroxyl groups excluding tert-OH is 1. The normalized spacial score (nSPS) is 33.1. The van der Waals surface area contributed by atoms with Gasteiger partial charge < -0.3 is 19.7 Å². The van der Waals surface area contributed by atoms with E-state index in [2.05, 4.69) is 78.8 Å². The van der Waals surface area contributed by atoms with Crippen molar-refractivity contribution in [2.75, 3.05) is 0 Å². The van der Waals surface area contributed by atoms with E-state index in [-0.39, 0.29) is 34.8 Å². The minimum absolute atomic E-state index is 0.106. The fourth-order valence-corrected chi connectivity index (χ4v) is 8.51. The summed E-state index contributed by atoms with van der Waals surface area (Å²) in [6, 6.07) is 0. The lowest BCUT2D eigenvalue weighted by Crippen LogP contribution is -2.48. The van der Waals surface area contributed by atoms with Crippen LogP contribution in [-0.2, 0) is 19.1 Å². The van der Waals surface area contributed by atoms with Crippen molar-refractivity contribution in [3.8, 4) is 0 Å². The monoisotopic (exact) mass is 664 g/mol. The molecule has 3 rings (SSSR count). The molecule has 1 heterocycles. The number of epoxide rings is 1. The van der Waals surface area contributed by atoms with E-state index < -0.39 is 16.8 Å². The molecule has 6 nitrogen and oxygen atoms in total. The molecule has 0 aromatic heterocycles. The molecule has 6 heteroatoms. The van der Waals surface area contributed by atoms with Crippen LogP contribution in [0.4, 0.5) is 0 Å². The second-order valence-corrected chi connectivity index (χ2v) is 16.7. The topological polar surface area (TPSA) is 96.4 Å². The van der Waals surface area contributed by atoms with Crippen molar-refractivity contribution in [1.82, 2.24) is 0 Å². The largest absolute Gasteiger partial charge is 0.462 e. The summed E-state index contributed by atoms with van der Waals surface area (Å²) in [5.41, 5.74) is 3.21. The number of allylic oxidation sites excluding steroid dienone is 11. The Kier molecular flexibility index (Phi) is 12.9.